The number of benzene rings is 2. The average Bonchev–Trinajstić information content (AvgIpc) is 2.62. The first-order chi connectivity index (χ1) is 12.3. The van der Waals surface area contributed by atoms with Gasteiger partial charge in [0.2, 0.25) is 0 Å². The number of nitrogens with zero attached hydrogens (tertiary/aromatic N) is 1. The lowest BCUT2D eigenvalue weighted by atomic mass is 10.1. The molecule has 0 bridgehead atoms. The van der Waals surface area contributed by atoms with Crippen LogP contribution in [0.4, 0.5) is 24.5 Å². The molecule has 0 aliphatic carbocycles. The van der Waals surface area contributed by atoms with E-state index < -0.39 is 17.6 Å². The van der Waals surface area contributed by atoms with Crippen molar-refractivity contribution in [1.29, 1.82) is 0 Å². The quantitative estimate of drug-likeness (QED) is 0.909. The van der Waals surface area contributed by atoms with Crippen LogP contribution in [-0.4, -0.2) is 31.6 Å². The average molecular weight is 364 g/mol. The zero-order valence-electron chi connectivity index (χ0n) is 13.5. The largest absolute Gasteiger partial charge is 0.416 e. The van der Waals surface area contributed by atoms with Crippen LogP contribution in [0, 0.1) is 0 Å². The lowest BCUT2D eigenvalue weighted by molar-refractivity contribution is -0.137. The highest BCUT2D eigenvalue weighted by Crippen LogP contribution is 2.29. The Morgan fingerprint density at radius 1 is 1.04 bits per heavy atom. The Balaban J connectivity index is 1.67. The molecule has 8 heteroatoms. The molecule has 0 saturated carbocycles. The standard InChI is InChI=1S/C18H15F3N2O3/c19-18(20,21)13-3-1-12(2-4-13)17(25)22-14-5-7-15(8-6-14)23-9-10-26-11-16(23)24/h1-8H,9-11H2,(H,22,25). The van der Waals surface area contributed by atoms with E-state index in [4.69, 9.17) is 4.74 Å². The highest BCUT2D eigenvalue weighted by Gasteiger charge is 2.30. The van der Waals surface area contributed by atoms with Crippen molar-refractivity contribution >= 4 is 23.2 Å². The van der Waals surface area contributed by atoms with Gasteiger partial charge in [0.25, 0.3) is 11.8 Å². The number of rotatable bonds is 3. The van der Waals surface area contributed by atoms with Crippen molar-refractivity contribution in [2.45, 2.75) is 6.18 Å². The van der Waals surface area contributed by atoms with Gasteiger partial charge in [-0.1, -0.05) is 0 Å². The maximum atomic E-state index is 12.6. The summed E-state index contributed by atoms with van der Waals surface area (Å²) < 4.78 is 42.7. The number of ether oxygens (including phenoxy) is 1. The number of halogens is 3. The molecular weight excluding hydrogens is 349 g/mol. The Hall–Kier alpha value is -2.87. The number of hydrogen-bond acceptors (Lipinski definition) is 3. The summed E-state index contributed by atoms with van der Waals surface area (Å²) in [7, 11) is 0. The number of carbonyl (C=O) groups excluding carboxylic acids is 2. The third kappa shape index (κ3) is 4.02. The molecule has 0 aromatic heterocycles. The molecule has 1 aliphatic heterocycles. The van der Waals surface area contributed by atoms with Crippen LogP contribution in [0.1, 0.15) is 15.9 Å². The molecule has 0 radical (unpaired) electrons. The second-order valence-corrected chi connectivity index (χ2v) is 5.67. The van der Waals surface area contributed by atoms with Gasteiger partial charge in [0.15, 0.2) is 0 Å². The zero-order chi connectivity index (χ0) is 18.7. The smallest absolute Gasteiger partial charge is 0.370 e. The number of hydrogen-bond donors (Lipinski definition) is 1. The first-order valence-corrected chi connectivity index (χ1v) is 7.81. The maximum absolute atomic E-state index is 12.6. The molecule has 2 aromatic carbocycles. The van der Waals surface area contributed by atoms with Crippen LogP contribution in [0.5, 0.6) is 0 Å². The summed E-state index contributed by atoms with van der Waals surface area (Å²) in [5.74, 6) is -0.660. The Morgan fingerprint density at radius 3 is 2.27 bits per heavy atom. The van der Waals surface area contributed by atoms with E-state index in [1.54, 1.807) is 29.2 Å². The summed E-state index contributed by atoms with van der Waals surface area (Å²) in [5.41, 5.74) is 0.462. The monoisotopic (exact) mass is 364 g/mol. The van der Waals surface area contributed by atoms with Crippen molar-refractivity contribution in [1.82, 2.24) is 0 Å². The molecule has 1 saturated heterocycles. The normalized spacial score (nSPS) is 15.0. The summed E-state index contributed by atoms with van der Waals surface area (Å²) in [6, 6.07) is 10.6. The minimum atomic E-state index is -4.44. The van der Waals surface area contributed by atoms with Gasteiger partial charge in [-0.3, -0.25) is 9.59 Å². The Bertz CT molecular complexity index is 802. The number of carbonyl (C=O) groups is 2. The fourth-order valence-corrected chi connectivity index (χ4v) is 2.53. The predicted molar refractivity (Wildman–Crippen MR) is 89.0 cm³/mol. The summed E-state index contributed by atoms with van der Waals surface area (Å²) in [6.45, 7) is 0.945. The van der Waals surface area contributed by atoms with Gasteiger partial charge in [-0.05, 0) is 48.5 Å². The Kier molecular flexibility index (Phi) is 4.94. The number of anilines is 2. The second-order valence-electron chi connectivity index (χ2n) is 5.67. The highest BCUT2D eigenvalue weighted by atomic mass is 19.4. The van der Waals surface area contributed by atoms with Gasteiger partial charge in [-0.2, -0.15) is 13.2 Å². The van der Waals surface area contributed by atoms with Gasteiger partial charge in [0.05, 0.1) is 12.2 Å². The molecule has 26 heavy (non-hydrogen) atoms. The van der Waals surface area contributed by atoms with E-state index in [1.165, 1.54) is 0 Å². The van der Waals surface area contributed by atoms with Crippen LogP contribution in [-0.2, 0) is 15.7 Å². The number of morpholine rings is 1. The van der Waals surface area contributed by atoms with Gasteiger partial charge >= 0.3 is 6.18 Å². The molecule has 136 valence electrons. The number of amides is 2. The second kappa shape index (κ2) is 7.17. The fourth-order valence-electron chi connectivity index (χ4n) is 2.53. The van der Waals surface area contributed by atoms with E-state index in [1.807, 2.05) is 0 Å². The van der Waals surface area contributed by atoms with Crippen LogP contribution < -0.4 is 10.2 Å². The first kappa shape index (κ1) is 17.9. The van der Waals surface area contributed by atoms with Crippen molar-refractivity contribution in [3.05, 3.63) is 59.7 Å². The van der Waals surface area contributed by atoms with E-state index in [0.29, 0.717) is 24.5 Å². The molecule has 0 spiro atoms. The van der Waals surface area contributed by atoms with Crippen LogP contribution >= 0.6 is 0 Å². The predicted octanol–water partition coefficient (Wildman–Crippen LogP) is 3.32. The van der Waals surface area contributed by atoms with Crippen LogP contribution in [0.25, 0.3) is 0 Å². The van der Waals surface area contributed by atoms with Gasteiger partial charge in [0, 0.05) is 23.5 Å². The molecule has 1 aliphatic rings. The van der Waals surface area contributed by atoms with E-state index in [2.05, 4.69) is 5.32 Å². The minimum Gasteiger partial charge on any atom is -0.370 e. The topological polar surface area (TPSA) is 58.6 Å². The minimum absolute atomic E-state index is 0.0341. The third-order valence-electron chi connectivity index (χ3n) is 3.90. The van der Waals surface area contributed by atoms with E-state index in [-0.39, 0.29) is 18.1 Å². The molecule has 0 unspecified atom stereocenters. The molecule has 1 N–H and O–H groups in total. The SMILES string of the molecule is O=C(Nc1ccc(N2CCOCC2=O)cc1)c1ccc(C(F)(F)F)cc1. The summed E-state index contributed by atoms with van der Waals surface area (Å²) >= 11 is 0. The molecule has 2 aromatic rings. The van der Waals surface area contributed by atoms with E-state index in [9.17, 15) is 22.8 Å². The third-order valence-corrected chi connectivity index (χ3v) is 3.90. The molecular formula is C18H15F3N2O3. The summed E-state index contributed by atoms with van der Waals surface area (Å²) in [5, 5.41) is 2.61. The fraction of sp³-hybridized carbons (Fsp3) is 0.222. The highest BCUT2D eigenvalue weighted by molar-refractivity contribution is 6.04. The van der Waals surface area contributed by atoms with Gasteiger partial charge in [-0.25, -0.2) is 0 Å². The number of alkyl halides is 3. The molecule has 1 fully saturated rings. The number of nitrogens with one attached hydrogen (secondary N) is 1. The maximum Gasteiger partial charge on any atom is 0.416 e. The summed E-state index contributed by atoms with van der Waals surface area (Å²) in [4.78, 5) is 25.5. The molecule has 1 heterocycles. The Labute approximate surface area is 147 Å². The molecule has 2 amide bonds. The zero-order valence-corrected chi connectivity index (χ0v) is 13.5. The lowest BCUT2D eigenvalue weighted by Crippen LogP contribution is -2.41. The van der Waals surface area contributed by atoms with Crippen molar-refractivity contribution in [3.8, 4) is 0 Å². The first-order valence-electron chi connectivity index (χ1n) is 7.81. The molecule has 3 rings (SSSR count). The van der Waals surface area contributed by atoms with Crippen molar-refractivity contribution < 1.29 is 27.5 Å². The van der Waals surface area contributed by atoms with Gasteiger partial charge < -0.3 is 15.0 Å². The van der Waals surface area contributed by atoms with Crippen molar-refractivity contribution in [2.24, 2.45) is 0 Å². The van der Waals surface area contributed by atoms with Crippen molar-refractivity contribution in [2.75, 3.05) is 30.0 Å². The Morgan fingerprint density at radius 2 is 1.69 bits per heavy atom. The lowest BCUT2D eigenvalue weighted by Gasteiger charge is -2.26. The van der Waals surface area contributed by atoms with Gasteiger partial charge in [0.1, 0.15) is 6.61 Å². The molecule has 0 atom stereocenters. The van der Waals surface area contributed by atoms with Crippen molar-refractivity contribution in [3.63, 3.8) is 0 Å². The van der Waals surface area contributed by atoms with Crippen LogP contribution in [0.3, 0.4) is 0 Å². The van der Waals surface area contributed by atoms with Gasteiger partial charge in [-0.15, -0.1) is 0 Å². The molecule has 5 nitrogen and oxygen atoms in total. The summed E-state index contributed by atoms with van der Waals surface area (Å²) in [6.07, 6.45) is -4.44. The van der Waals surface area contributed by atoms with Crippen LogP contribution in [0.2, 0.25) is 0 Å². The van der Waals surface area contributed by atoms with Crippen LogP contribution in [0.15, 0.2) is 48.5 Å². The van der Waals surface area contributed by atoms with E-state index in [0.717, 1.165) is 24.3 Å². The van der Waals surface area contributed by atoms with E-state index >= 15 is 0 Å².